The van der Waals surface area contributed by atoms with Gasteiger partial charge in [0, 0.05) is 66.4 Å². The third kappa shape index (κ3) is 4.85. The van der Waals surface area contributed by atoms with Gasteiger partial charge in [0.05, 0.1) is 6.04 Å². The van der Waals surface area contributed by atoms with Crippen LogP contribution >= 0.6 is 0 Å². The molecule has 4 heterocycles. The second kappa shape index (κ2) is 10.4. The Bertz CT molecular complexity index is 1590. The molecule has 38 heavy (non-hydrogen) atoms. The maximum absolute atomic E-state index is 12.3. The van der Waals surface area contributed by atoms with Crippen LogP contribution in [0.3, 0.4) is 0 Å². The number of allylic oxidation sites excluding steroid dienone is 1. The van der Waals surface area contributed by atoms with Gasteiger partial charge in [-0.1, -0.05) is 25.3 Å². The van der Waals surface area contributed by atoms with Gasteiger partial charge in [0.2, 0.25) is 5.91 Å². The number of hydrogen-bond donors (Lipinski definition) is 0. The predicted octanol–water partition coefficient (Wildman–Crippen LogP) is 4.20. The normalized spacial score (nSPS) is 15.4. The zero-order chi connectivity index (χ0) is 26.8. The van der Waals surface area contributed by atoms with Gasteiger partial charge in [0.25, 0.3) is 0 Å². The molecule has 192 valence electrons. The summed E-state index contributed by atoms with van der Waals surface area (Å²) in [6, 6.07) is 12.9. The lowest BCUT2D eigenvalue weighted by molar-refractivity contribution is -0.127. The number of carbonyl (C=O) groups excluding carboxylic acids is 2. The van der Waals surface area contributed by atoms with Crippen molar-refractivity contribution in [3.05, 3.63) is 102 Å². The molecule has 3 aromatic heterocycles. The van der Waals surface area contributed by atoms with Crippen molar-refractivity contribution in [1.29, 1.82) is 0 Å². The molecule has 0 radical (unpaired) electrons. The zero-order valence-corrected chi connectivity index (χ0v) is 21.3. The van der Waals surface area contributed by atoms with Gasteiger partial charge >= 0.3 is 0 Å². The fourth-order valence-corrected chi connectivity index (χ4v) is 4.96. The van der Waals surface area contributed by atoms with Crippen LogP contribution in [0.15, 0.2) is 85.0 Å². The van der Waals surface area contributed by atoms with E-state index in [-0.39, 0.29) is 29.6 Å². The quantitative estimate of drug-likeness (QED) is 0.350. The second-order valence-corrected chi connectivity index (χ2v) is 9.52. The Morgan fingerprint density at radius 1 is 1.08 bits per heavy atom. The van der Waals surface area contributed by atoms with E-state index in [0.717, 1.165) is 52.1 Å². The second-order valence-electron chi connectivity index (χ2n) is 9.52. The number of aryl methyl sites for hydroxylation is 1. The number of ketones is 1. The molecule has 0 aliphatic carbocycles. The summed E-state index contributed by atoms with van der Waals surface area (Å²) < 4.78 is 3.81. The van der Waals surface area contributed by atoms with E-state index >= 15 is 0 Å². The molecule has 0 unspecified atom stereocenters. The summed E-state index contributed by atoms with van der Waals surface area (Å²) in [5.74, 6) is -0.154. The number of likely N-dealkylation sites (tertiary alicyclic amines) is 1. The summed E-state index contributed by atoms with van der Waals surface area (Å²) >= 11 is 0. The van der Waals surface area contributed by atoms with Crippen molar-refractivity contribution in [2.75, 3.05) is 13.1 Å². The summed E-state index contributed by atoms with van der Waals surface area (Å²) in [6.07, 6.45) is 8.10. The summed E-state index contributed by atoms with van der Waals surface area (Å²) in [7, 11) is 0. The highest BCUT2D eigenvalue weighted by atomic mass is 16.2. The maximum Gasteiger partial charge on any atom is 0.246 e. The van der Waals surface area contributed by atoms with Crippen LogP contribution in [0.2, 0.25) is 0 Å². The number of aromatic nitrogens is 4. The summed E-state index contributed by atoms with van der Waals surface area (Å²) in [4.78, 5) is 42.7. The number of pyridine rings is 2. The molecule has 0 bridgehead atoms. The third-order valence-electron chi connectivity index (χ3n) is 7.04. The first kappa shape index (κ1) is 25.1. The number of rotatable bonds is 7. The number of amides is 1. The van der Waals surface area contributed by atoms with E-state index < -0.39 is 0 Å². The van der Waals surface area contributed by atoms with Crippen molar-refractivity contribution < 1.29 is 9.59 Å². The number of nitrogens with zero attached hydrogens (tertiary/aromatic N) is 5. The monoisotopic (exact) mass is 507 g/mol. The van der Waals surface area contributed by atoms with Crippen LogP contribution in [0.5, 0.6) is 0 Å². The van der Waals surface area contributed by atoms with Gasteiger partial charge in [-0.15, -0.1) is 0 Å². The molecule has 1 fully saturated rings. The Labute approximate surface area is 220 Å². The first-order valence-electron chi connectivity index (χ1n) is 12.6. The van der Waals surface area contributed by atoms with E-state index in [1.807, 2.05) is 46.5 Å². The van der Waals surface area contributed by atoms with Crippen molar-refractivity contribution >= 4 is 22.7 Å². The molecule has 1 amide bonds. The molecule has 0 N–H and O–H groups in total. The fourth-order valence-electron chi connectivity index (χ4n) is 4.96. The van der Waals surface area contributed by atoms with Crippen LogP contribution in [0.1, 0.15) is 30.1 Å². The van der Waals surface area contributed by atoms with E-state index in [2.05, 4.69) is 13.2 Å². The number of fused-ring (bicyclic) bond motifs is 1. The molecule has 8 heteroatoms. The SMILES string of the molecule is C=CC(=O)Cc1cc2c(-c3ccc(-n4ccc(=O)cc4)cc3)nn([C@@H]3CCCN(C(=O)C=C)C3)c2nc1C. The molecular weight excluding hydrogens is 478 g/mol. The van der Waals surface area contributed by atoms with Gasteiger partial charge in [0.15, 0.2) is 16.9 Å². The lowest BCUT2D eigenvalue weighted by atomic mass is 10.0. The van der Waals surface area contributed by atoms with Crippen molar-refractivity contribution in [2.24, 2.45) is 0 Å². The van der Waals surface area contributed by atoms with Gasteiger partial charge in [0.1, 0.15) is 5.69 Å². The minimum Gasteiger partial charge on any atom is -0.337 e. The van der Waals surface area contributed by atoms with Gasteiger partial charge in [-0.25, -0.2) is 9.67 Å². The molecular formula is C30H29N5O3. The molecule has 1 atom stereocenters. The van der Waals surface area contributed by atoms with Crippen LogP contribution in [0, 0.1) is 6.92 Å². The summed E-state index contributed by atoms with van der Waals surface area (Å²) in [5.41, 5.74) is 4.87. The number of piperidine rings is 1. The largest absolute Gasteiger partial charge is 0.337 e. The summed E-state index contributed by atoms with van der Waals surface area (Å²) in [5, 5.41) is 5.89. The first-order valence-corrected chi connectivity index (χ1v) is 12.6. The molecule has 1 aliphatic heterocycles. The van der Waals surface area contributed by atoms with Crippen molar-refractivity contribution in [2.45, 2.75) is 32.2 Å². The molecule has 0 saturated carbocycles. The number of carbonyl (C=O) groups is 2. The Morgan fingerprint density at radius 3 is 2.50 bits per heavy atom. The highest BCUT2D eigenvalue weighted by molar-refractivity contribution is 5.95. The van der Waals surface area contributed by atoms with Crippen LogP contribution in [-0.2, 0) is 16.0 Å². The van der Waals surface area contributed by atoms with E-state index in [4.69, 9.17) is 10.1 Å². The Hall–Kier alpha value is -4.59. The average Bonchev–Trinajstić information content (AvgIpc) is 3.31. The average molecular weight is 508 g/mol. The van der Waals surface area contributed by atoms with Gasteiger partial charge < -0.3 is 9.47 Å². The van der Waals surface area contributed by atoms with Gasteiger partial charge in [-0.05, 0) is 55.7 Å². The molecule has 1 aromatic carbocycles. The first-order chi connectivity index (χ1) is 18.4. The highest BCUT2D eigenvalue weighted by Crippen LogP contribution is 2.33. The van der Waals surface area contributed by atoms with Crippen LogP contribution in [0.4, 0.5) is 0 Å². The Morgan fingerprint density at radius 2 is 1.82 bits per heavy atom. The minimum absolute atomic E-state index is 0.0307. The zero-order valence-electron chi connectivity index (χ0n) is 21.3. The maximum atomic E-state index is 12.3. The number of hydrogen-bond acceptors (Lipinski definition) is 5. The number of benzene rings is 1. The van der Waals surface area contributed by atoms with Gasteiger partial charge in [-0.3, -0.25) is 14.4 Å². The molecule has 5 rings (SSSR count). The third-order valence-corrected chi connectivity index (χ3v) is 7.04. The van der Waals surface area contributed by atoms with E-state index in [0.29, 0.717) is 13.1 Å². The molecule has 1 saturated heterocycles. The fraction of sp³-hybridized carbons (Fsp3) is 0.233. The van der Waals surface area contributed by atoms with Gasteiger partial charge in [-0.2, -0.15) is 5.10 Å². The predicted molar refractivity (Wildman–Crippen MR) is 147 cm³/mol. The van der Waals surface area contributed by atoms with Crippen molar-refractivity contribution in [3.8, 4) is 16.9 Å². The van der Waals surface area contributed by atoms with Crippen molar-refractivity contribution in [3.63, 3.8) is 0 Å². The van der Waals surface area contributed by atoms with E-state index in [9.17, 15) is 14.4 Å². The lowest BCUT2D eigenvalue weighted by Crippen LogP contribution is -2.40. The topological polar surface area (TPSA) is 90.1 Å². The van der Waals surface area contributed by atoms with Crippen molar-refractivity contribution in [1.82, 2.24) is 24.2 Å². The highest BCUT2D eigenvalue weighted by Gasteiger charge is 2.27. The van der Waals surface area contributed by atoms with E-state index in [1.165, 1.54) is 24.3 Å². The lowest BCUT2D eigenvalue weighted by Gasteiger charge is -2.32. The standard InChI is InChI=1S/C30H29N5O3/c1-4-25(36)17-22-18-27-29(21-8-10-23(11-9-21)33-15-12-26(37)13-16-33)32-35(30(27)31-20(22)3)24-7-6-14-34(19-24)28(38)5-2/h4-5,8-13,15-16,18,24H,1-2,6-7,14,17,19H2,3H3/t24-/m1/s1. The Balaban J connectivity index is 1.61. The molecule has 4 aromatic rings. The molecule has 0 spiro atoms. The van der Waals surface area contributed by atoms with Crippen LogP contribution < -0.4 is 5.43 Å². The smallest absolute Gasteiger partial charge is 0.246 e. The summed E-state index contributed by atoms with van der Waals surface area (Å²) in [6.45, 7) is 10.4. The van der Waals surface area contributed by atoms with Crippen LogP contribution in [-0.4, -0.2) is 49.0 Å². The van der Waals surface area contributed by atoms with Crippen LogP contribution in [0.25, 0.3) is 28.0 Å². The van der Waals surface area contributed by atoms with E-state index in [1.54, 1.807) is 17.3 Å². The minimum atomic E-state index is -0.0844. The molecule has 1 aliphatic rings. The Kier molecular flexibility index (Phi) is 6.87. The molecule has 8 nitrogen and oxygen atoms in total.